The van der Waals surface area contributed by atoms with Gasteiger partial charge in [-0.05, 0) is 38.2 Å². The smallest absolute Gasteiger partial charge is 0.251 e. The fraction of sp³-hybridized carbons (Fsp3) is 0.308. The average Bonchev–Trinajstić information content (AvgIpc) is 3.07. The van der Waals surface area contributed by atoms with Crippen LogP contribution in [0.3, 0.4) is 0 Å². The summed E-state index contributed by atoms with van der Waals surface area (Å²) in [7, 11) is 0. The zero-order valence-electron chi connectivity index (χ0n) is 11.0. The lowest BCUT2D eigenvalue weighted by atomic mass is 10.3. The molecule has 2 aromatic rings. The van der Waals surface area contributed by atoms with E-state index in [0.29, 0.717) is 23.2 Å². The minimum Gasteiger partial charge on any atom is -0.458 e. The third-order valence-electron chi connectivity index (χ3n) is 3.07. The molecule has 1 atom stereocenters. The van der Waals surface area contributed by atoms with Gasteiger partial charge in [0.15, 0.2) is 10.9 Å². The lowest BCUT2D eigenvalue weighted by Crippen LogP contribution is -2.30. The van der Waals surface area contributed by atoms with E-state index >= 15 is 0 Å². The van der Waals surface area contributed by atoms with Gasteiger partial charge in [-0.15, -0.1) is 11.3 Å². The molecular formula is C13H13N3O2S2. The van der Waals surface area contributed by atoms with Crippen LogP contribution in [0.15, 0.2) is 21.9 Å². The number of aromatic nitrogens is 1. The number of carbonyl (C=O) groups excluding carboxylic acids is 1. The lowest BCUT2D eigenvalue weighted by molar-refractivity contribution is -0.127. The van der Waals surface area contributed by atoms with Crippen molar-refractivity contribution in [1.82, 2.24) is 15.2 Å². The predicted molar refractivity (Wildman–Crippen MR) is 80.3 cm³/mol. The summed E-state index contributed by atoms with van der Waals surface area (Å²) < 4.78 is 5.74. The molecule has 1 aliphatic heterocycles. The van der Waals surface area contributed by atoms with Gasteiger partial charge in [0.1, 0.15) is 17.5 Å². The zero-order valence-corrected chi connectivity index (χ0v) is 12.7. The Labute approximate surface area is 125 Å². The molecule has 1 aliphatic rings. The third-order valence-corrected chi connectivity index (χ3v) is 4.18. The van der Waals surface area contributed by atoms with E-state index in [1.54, 1.807) is 18.3 Å². The molecule has 0 bridgehead atoms. The van der Waals surface area contributed by atoms with Gasteiger partial charge in [0.2, 0.25) is 0 Å². The fourth-order valence-electron chi connectivity index (χ4n) is 2.04. The van der Waals surface area contributed by atoms with Gasteiger partial charge in [-0.25, -0.2) is 4.98 Å². The van der Waals surface area contributed by atoms with Crippen LogP contribution in [0.25, 0.3) is 11.5 Å². The monoisotopic (exact) mass is 307 g/mol. The second-order valence-electron chi connectivity index (χ2n) is 4.61. The Hall–Kier alpha value is -1.73. The van der Waals surface area contributed by atoms with Crippen LogP contribution in [0.2, 0.25) is 0 Å². The molecule has 1 saturated heterocycles. The Balaban J connectivity index is 1.78. The van der Waals surface area contributed by atoms with Crippen molar-refractivity contribution in [2.75, 3.05) is 0 Å². The number of aryl methyl sites for hydroxylation is 1. The number of furan rings is 1. The highest BCUT2D eigenvalue weighted by molar-refractivity contribution is 7.80. The summed E-state index contributed by atoms with van der Waals surface area (Å²) in [6, 6.07) is 3.45. The molecule has 0 spiro atoms. The molecule has 7 heteroatoms. The minimum atomic E-state index is -0.266. The number of thiocarbonyl (C=S) groups is 1. The van der Waals surface area contributed by atoms with Gasteiger partial charge in [-0.3, -0.25) is 9.69 Å². The molecule has 1 fully saturated rings. The molecule has 0 aromatic carbocycles. The van der Waals surface area contributed by atoms with E-state index in [4.69, 9.17) is 16.6 Å². The van der Waals surface area contributed by atoms with Crippen molar-refractivity contribution < 1.29 is 9.21 Å². The molecule has 20 heavy (non-hydrogen) atoms. The predicted octanol–water partition coefficient (Wildman–Crippen LogP) is 2.32. The quantitative estimate of drug-likeness (QED) is 0.882. The van der Waals surface area contributed by atoms with E-state index in [1.165, 1.54) is 4.90 Å². The Morgan fingerprint density at radius 2 is 2.35 bits per heavy atom. The minimum absolute atomic E-state index is 0.0301. The topological polar surface area (TPSA) is 58.4 Å². The van der Waals surface area contributed by atoms with Crippen molar-refractivity contribution in [2.45, 2.75) is 26.4 Å². The molecule has 1 amide bonds. The van der Waals surface area contributed by atoms with E-state index < -0.39 is 0 Å². The summed E-state index contributed by atoms with van der Waals surface area (Å²) in [6.45, 7) is 4.09. The molecule has 1 N–H and O–H groups in total. The van der Waals surface area contributed by atoms with Gasteiger partial charge in [0, 0.05) is 5.38 Å². The number of amides is 1. The van der Waals surface area contributed by atoms with Crippen molar-refractivity contribution in [2.24, 2.45) is 0 Å². The van der Waals surface area contributed by atoms with Crippen LogP contribution in [-0.2, 0) is 11.3 Å². The summed E-state index contributed by atoms with van der Waals surface area (Å²) in [5.41, 5.74) is 0.820. The first kappa shape index (κ1) is 13.3. The fourth-order valence-corrected chi connectivity index (χ4v) is 2.97. The maximum Gasteiger partial charge on any atom is 0.251 e. The largest absolute Gasteiger partial charge is 0.458 e. The molecule has 1 unspecified atom stereocenters. The van der Waals surface area contributed by atoms with Crippen molar-refractivity contribution in [3.05, 3.63) is 28.3 Å². The molecule has 3 rings (SSSR count). The van der Waals surface area contributed by atoms with Gasteiger partial charge in [-0.2, -0.15) is 0 Å². The molecular weight excluding hydrogens is 294 g/mol. The lowest BCUT2D eigenvalue weighted by Gasteiger charge is -2.12. The van der Waals surface area contributed by atoms with Crippen LogP contribution in [0.4, 0.5) is 0 Å². The second-order valence-corrected chi connectivity index (χ2v) is 6.06. The summed E-state index contributed by atoms with van der Waals surface area (Å²) in [5.74, 6) is 1.37. The van der Waals surface area contributed by atoms with E-state index in [-0.39, 0.29) is 11.9 Å². The van der Waals surface area contributed by atoms with Crippen LogP contribution in [0, 0.1) is 6.92 Å². The highest BCUT2D eigenvalue weighted by Crippen LogP contribution is 2.24. The van der Waals surface area contributed by atoms with Crippen molar-refractivity contribution in [3.63, 3.8) is 0 Å². The van der Waals surface area contributed by atoms with Gasteiger partial charge in [0.05, 0.1) is 11.6 Å². The summed E-state index contributed by atoms with van der Waals surface area (Å²) in [4.78, 5) is 17.8. The number of thiazole rings is 1. The summed E-state index contributed by atoms with van der Waals surface area (Å²) in [6.07, 6.45) is 0. The number of nitrogens with zero attached hydrogens (tertiary/aromatic N) is 2. The molecule has 2 aromatic heterocycles. The molecule has 0 radical (unpaired) electrons. The maximum atomic E-state index is 11.9. The van der Waals surface area contributed by atoms with Gasteiger partial charge >= 0.3 is 0 Å². The first-order valence-corrected chi connectivity index (χ1v) is 7.46. The van der Waals surface area contributed by atoms with Gasteiger partial charge < -0.3 is 9.73 Å². The van der Waals surface area contributed by atoms with Crippen molar-refractivity contribution in [1.29, 1.82) is 0 Å². The van der Waals surface area contributed by atoms with E-state index in [0.717, 1.165) is 10.7 Å². The van der Waals surface area contributed by atoms with E-state index in [1.807, 2.05) is 24.4 Å². The van der Waals surface area contributed by atoms with Gasteiger partial charge in [-0.1, -0.05) is 0 Å². The zero-order chi connectivity index (χ0) is 14.3. The molecule has 0 aliphatic carbocycles. The first-order valence-electron chi connectivity index (χ1n) is 6.17. The number of hydrogen-bond donors (Lipinski definition) is 1. The number of nitrogens with one attached hydrogen (secondary N) is 1. The number of hydrogen-bond acceptors (Lipinski definition) is 5. The second kappa shape index (κ2) is 4.99. The van der Waals surface area contributed by atoms with Crippen LogP contribution < -0.4 is 5.32 Å². The van der Waals surface area contributed by atoms with Crippen LogP contribution >= 0.6 is 23.6 Å². The molecule has 104 valence electrons. The summed E-state index contributed by atoms with van der Waals surface area (Å²) >= 11 is 6.72. The third kappa shape index (κ3) is 2.34. The SMILES string of the molecule is Cc1nc(-c2ccc(CN3C(=O)C(C)NC3=S)o2)cs1. The van der Waals surface area contributed by atoms with Crippen LogP contribution in [0.5, 0.6) is 0 Å². The Bertz CT molecular complexity index is 677. The summed E-state index contributed by atoms with van der Waals surface area (Å²) in [5, 5.41) is 6.33. The molecule has 5 nitrogen and oxygen atoms in total. The normalized spacial score (nSPS) is 18.7. The maximum absolute atomic E-state index is 11.9. The van der Waals surface area contributed by atoms with Crippen LogP contribution in [-0.4, -0.2) is 26.9 Å². The van der Waals surface area contributed by atoms with E-state index in [9.17, 15) is 4.79 Å². The Morgan fingerprint density at radius 1 is 1.55 bits per heavy atom. The van der Waals surface area contributed by atoms with E-state index in [2.05, 4.69) is 10.3 Å². The average molecular weight is 307 g/mol. The number of rotatable bonds is 3. The highest BCUT2D eigenvalue weighted by Gasteiger charge is 2.32. The standard InChI is InChI=1S/C13H13N3O2S2/c1-7-12(17)16(13(19)14-7)5-9-3-4-11(18-9)10-6-20-8(2)15-10/h3-4,6-7H,5H2,1-2H3,(H,14,19). The van der Waals surface area contributed by atoms with Crippen molar-refractivity contribution >= 4 is 34.6 Å². The Morgan fingerprint density at radius 3 is 2.95 bits per heavy atom. The number of carbonyl (C=O) groups is 1. The van der Waals surface area contributed by atoms with Crippen molar-refractivity contribution in [3.8, 4) is 11.5 Å². The van der Waals surface area contributed by atoms with Crippen LogP contribution in [0.1, 0.15) is 17.7 Å². The first-order chi connectivity index (χ1) is 9.54. The molecule has 3 heterocycles. The van der Waals surface area contributed by atoms with Gasteiger partial charge in [0.25, 0.3) is 5.91 Å². The Kier molecular flexibility index (Phi) is 3.31. The molecule has 0 saturated carbocycles. The highest BCUT2D eigenvalue weighted by atomic mass is 32.1.